The van der Waals surface area contributed by atoms with E-state index in [0.717, 1.165) is 13.1 Å². The maximum atomic E-state index is 13.1. The third-order valence-corrected chi connectivity index (χ3v) is 2.91. The number of likely N-dealkylation sites (tertiary alicyclic amines) is 1. The molecule has 2 rings (SSSR count). The van der Waals surface area contributed by atoms with Gasteiger partial charge in [-0.15, -0.1) is 0 Å². The maximum absolute atomic E-state index is 13.1. The van der Waals surface area contributed by atoms with Gasteiger partial charge in [-0.2, -0.15) is 0 Å². The molecule has 2 nitrogen and oxygen atoms in total. The SMILES string of the molecule is Oc1c(F)cccc1CN1CCCCC1. The van der Waals surface area contributed by atoms with Crippen LogP contribution in [-0.4, -0.2) is 23.1 Å². The molecular weight excluding hydrogens is 193 g/mol. The summed E-state index contributed by atoms with van der Waals surface area (Å²) in [7, 11) is 0. The van der Waals surface area contributed by atoms with Crippen molar-refractivity contribution in [1.29, 1.82) is 0 Å². The minimum absolute atomic E-state index is 0.192. The third-order valence-electron chi connectivity index (χ3n) is 2.91. The molecule has 0 aromatic heterocycles. The highest BCUT2D eigenvalue weighted by Crippen LogP contribution is 2.23. The molecule has 0 saturated carbocycles. The van der Waals surface area contributed by atoms with E-state index in [0.29, 0.717) is 12.1 Å². The van der Waals surface area contributed by atoms with Crippen molar-refractivity contribution in [3.05, 3.63) is 29.6 Å². The van der Waals surface area contributed by atoms with Gasteiger partial charge in [-0.25, -0.2) is 4.39 Å². The average molecular weight is 209 g/mol. The quantitative estimate of drug-likeness (QED) is 0.809. The van der Waals surface area contributed by atoms with Crippen molar-refractivity contribution in [2.24, 2.45) is 0 Å². The number of phenols is 1. The number of hydrogen-bond acceptors (Lipinski definition) is 2. The van der Waals surface area contributed by atoms with Crippen molar-refractivity contribution < 1.29 is 9.50 Å². The van der Waals surface area contributed by atoms with Crippen LogP contribution in [0.1, 0.15) is 24.8 Å². The Labute approximate surface area is 89.3 Å². The number of halogens is 1. The minimum atomic E-state index is -0.524. The zero-order valence-electron chi connectivity index (χ0n) is 8.75. The number of para-hydroxylation sites is 1. The molecule has 0 radical (unpaired) electrons. The number of aromatic hydroxyl groups is 1. The molecule has 1 fully saturated rings. The topological polar surface area (TPSA) is 23.5 Å². The van der Waals surface area contributed by atoms with Gasteiger partial charge in [-0.3, -0.25) is 4.90 Å². The molecule has 0 bridgehead atoms. The van der Waals surface area contributed by atoms with Crippen LogP contribution in [0, 0.1) is 5.82 Å². The van der Waals surface area contributed by atoms with E-state index in [1.165, 1.54) is 25.3 Å². The van der Waals surface area contributed by atoms with Crippen LogP contribution in [0.4, 0.5) is 4.39 Å². The number of phenolic OH excluding ortho intramolecular Hbond substituents is 1. The largest absolute Gasteiger partial charge is 0.505 e. The molecule has 15 heavy (non-hydrogen) atoms. The fourth-order valence-electron chi connectivity index (χ4n) is 2.05. The lowest BCUT2D eigenvalue weighted by Crippen LogP contribution is -2.29. The van der Waals surface area contributed by atoms with Gasteiger partial charge < -0.3 is 5.11 Å². The van der Waals surface area contributed by atoms with Gasteiger partial charge in [0.05, 0.1) is 0 Å². The highest BCUT2D eigenvalue weighted by molar-refractivity contribution is 5.33. The lowest BCUT2D eigenvalue weighted by Gasteiger charge is -2.26. The first-order chi connectivity index (χ1) is 7.27. The van der Waals surface area contributed by atoms with Gasteiger partial charge in [-0.1, -0.05) is 18.6 Å². The molecule has 0 atom stereocenters. The van der Waals surface area contributed by atoms with Gasteiger partial charge in [0, 0.05) is 12.1 Å². The summed E-state index contributed by atoms with van der Waals surface area (Å²) in [6.07, 6.45) is 3.69. The molecule has 1 aromatic rings. The van der Waals surface area contributed by atoms with Crippen molar-refractivity contribution in [3.8, 4) is 5.75 Å². The van der Waals surface area contributed by atoms with Gasteiger partial charge >= 0.3 is 0 Å². The van der Waals surface area contributed by atoms with Crippen molar-refractivity contribution in [1.82, 2.24) is 4.90 Å². The van der Waals surface area contributed by atoms with Gasteiger partial charge in [0.2, 0.25) is 0 Å². The Balaban J connectivity index is 2.06. The summed E-state index contributed by atoms with van der Waals surface area (Å²) in [5.41, 5.74) is 0.692. The Morgan fingerprint density at radius 3 is 2.67 bits per heavy atom. The molecular formula is C12H16FNO. The highest BCUT2D eigenvalue weighted by Gasteiger charge is 2.13. The van der Waals surface area contributed by atoms with Crippen LogP contribution in [0.3, 0.4) is 0 Å². The Morgan fingerprint density at radius 2 is 1.93 bits per heavy atom. The molecule has 0 amide bonds. The summed E-state index contributed by atoms with van der Waals surface area (Å²) in [6, 6.07) is 4.72. The van der Waals surface area contributed by atoms with Crippen LogP contribution in [0.2, 0.25) is 0 Å². The summed E-state index contributed by atoms with van der Waals surface area (Å²) < 4.78 is 13.1. The van der Waals surface area contributed by atoms with Crippen molar-refractivity contribution in [2.75, 3.05) is 13.1 Å². The molecule has 3 heteroatoms. The second kappa shape index (κ2) is 4.62. The molecule has 1 saturated heterocycles. The minimum Gasteiger partial charge on any atom is -0.505 e. The number of benzene rings is 1. The molecule has 0 aliphatic carbocycles. The predicted molar refractivity (Wildman–Crippen MR) is 57.2 cm³/mol. The van der Waals surface area contributed by atoms with E-state index in [1.807, 2.05) is 0 Å². The Bertz CT molecular complexity index is 334. The van der Waals surface area contributed by atoms with Gasteiger partial charge in [0.15, 0.2) is 11.6 Å². The Kier molecular flexibility index (Phi) is 3.21. The van der Waals surface area contributed by atoms with E-state index in [9.17, 15) is 9.50 Å². The molecule has 1 aliphatic heterocycles. The van der Waals surface area contributed by atoms with Crippen molar-refractivity contribution in [2.45, 2.75) is 25.8 Å². The van der Waals surface area contributed by atoms with E-state index in [1.54, 1.807) is 12.1 Å². The molecule has 0 unspecified atom stereocenters. The van der Waals surface area contributed by atoms with Crippen LogP contribution in [0.5, 0.6) is 5.75 Å². The molecule has 1 heterocycles. The second-order valence-corrected chi connectivity index (χ2v) is 4.08. The maximum Gasteiger partial charge on any atom is 0.165 e. The fourth-order valence-corrected chi connectivity index (χ4v) is 2.05. The fraction of sp³-hybridized carbons (Fsp3) is 0.500. The second-order valence-electron chi connectivity index (χ2n) is 4.08. The van der Waals surface area contributed by atoms with Crippen molar-refractivity contribution in [3.63, 3.8) is 0 Å². The Hall–Kier alpha value is -1.09. The van der Waals surface area contributed by atoms with Gasteiger partial charge in [0.1, 0.15) is 0 Å². The number of piperidine rings is 1. The lowest BCUT2D eigenvalue weighted by atomic mass is 10.1. The standard InChI is InChI=1S/C12H16FNO/c13-11-6-4-5-10(12(11)15)9-14-7-2-1-3-8-14/h4-6,15H,1-3,7-9H2. The first-order valence-corrected chi connectivity index (χ1v) is 5.46. The van der Waals surface area contributed by atoms with Crippen LogP contribution < -0.4 is 0 Å². The Morgan fingerprint density at radius 1 is 1.20 bits per heavy atom. The van der Waals surface area contributed by atoms with E-state index in [4.69, 9.17) is 0 Å². The molecule has 0 spiro atoms. The summed E-state index contributed by atoms with van der Waals surface area (Å²) in [6.45, 7) is 2.76. The monoisotopic (exact) mass is 209 g/mol. The molecule has 1 aromatic carbocycles. The number of rotatable bonds is 2. The van der Waals surface area contributed by atoms with Crippen LogP contribution in [-0.2, 0) is 6.54 Å². The zero-order valence-corrected chi connectivity index (χ0v) is 8.75. The summed E-state index contributed by atoms with van der Waals surface area (Å²) in [5.74, 6) is -0.715. The van der Waals surface area contributed by atoms with Crippen LogP contribution in [0.15, 0.2) is 18.2 Å². The molecule has 82 valence electrons. The first kappa shape index (κ1) is 10.4. The highest BCUT2D eigenvalue weighted by atomic mass is 19.1. The average Bonchev–Trinajstić information content (AvgIpc) is 2.26. The van der Waals surface area contributed by atoms with E-state index >= 15 is 0 Å². The number of nitrogens with zero attached hydrogens (tertiary/aromatic N) is 1. The van der Waals surface area contributed by atoms with Crippen LogP contribution in [0.25, 0.3) is 0 Å². The zero-order chi connectivity index (χ0) is 10.7. The third kappa shape index (κ3) is 2.48. The number of hydrogen-bond donors (Lipinski definition) is 1. The van der Waals surface area contributed by atoms with E-state index in [2.05, 4.69) is 4.90 Å². The normalized spacial score (nSPS) is 17.9. The van der Waals surface area contributed by atoms with E-state index in [-0.39, 0.29) is 5.75 Å². The summed E-state index contributed by atoms with van der Waals surface area (Å²) in [5, 5.41) is 9.53. The molecule has 1 N–H and O–H groups in total. The first-order valence-electron chi connectivity index (χ1n) is 5.46. The van der Waals surface area contributed by atoms with E-state index < -0.39 is 5.82 Å². The van der Waals surface area contributed by atoms with Gasteiger partial charge in [0.25, 0.3) is 0 Å². The van der Waals surface area contributed by atoms with Crippen LogP contribution >= 0.6 is 0 Å². The van der Waals surface area contributed by atoms with Crippen molar-refractivity contribution >= 4 is 0 Å². The predicted octanol–water partition coefficient (Wildman–Crippen LogP) is 2.52. The summed E-state index contributed by atoms with van der Waals surface area (Å²) in [4.78, 5) is 2.26. The molecule has 1 aliphatic rings. The lowest BCUT2D eigenvalue weighted by molar-refractivity contribution is 0.218. The smallest absolute Gasteiger partial charge is 0.165 e. The van der Waals surface area contributed by atoms with Gasteiger partial charge in [-0.05, 0) is 32.0 Å². The summed E-state index contributed by atoms with van der Waals surface area (Å²) >= 11 is 0.